The summed E-state index contributed by atoms with van der Waals surface area (Å²) in [7, 11) is 0. The van der Waals surface area contributed by atoms with Gasteiger partial charge < -0.3 is 14.4 Å². The molecule has 2 aromatic heterocycles. The molecule has 0 spiro atoms. The average Bonchev–Trinajstić information content (AvgIpc) is 3.37. The zero-order valence-electron chi connectivity index (χ0n) is 15.5. The Labute approximate surface area is 162 Å². The molecule has 3 aromatic rings. The van der Waals surface area contributed by atoms with E-state index < -0.39 is 5.97 Å². The maximum atomic E-state index is 12.9. The summed E-state index contributed by atoms with van der Waals surface area (Å²) in [5.74, 6) is 0.474. The van der Waals surface area contributed by atoms with Crippen molar-refractivity contribution in [3.05, 3.63) is 65.0 Å². The standard InChI is InChI=1S/C21H21N3O4/c1-13-7-8-19(28-13)17-11-18(23-22-17)20(25)24-9-3-6-16(12-24)14-4-2-5-15(10-14)21(26)27/h2,4-5,7-8,10-11,16H,3,6,9,12H2,1H3,(H,22,23)(H,26,27)/t16-/m1/s1. The summed E-state index contributed by atoms with van der Waals surface area (Å²) in [6.45, 7) is 3.07. The molecule has 1 fully saturated rings. The van der Waals surface area contributed by atoms with Crippen LogP contribution in [0.1, 0.15) is 50.9 Å². The maximum Gasteiger partial charge on any atom is 0.335 e. The predicted molar refractivity (Wildman–Crippen MR) is 102 cm³/mol. The number of piperidine rings is 1. The Morgan fingerprint density at radius 2 is 2.11 bits per heavy atom. The highest BCUT2D eigenvalue weighted by atomic mass is 16.4. The Bertz CT molecular complexity index is 1020. The number of aryl methyl sites for hydroxylation is 1. The SMILES string of the molecule is Cc1ccc(-c2cc(C(=O)N3CCC[C@@H](c4cccc(C(=O)O)c4)C3)n[nH]2)o1. The van der Waals surface area contributed by atoms with E-state index in [0.29, 0.717) is 30.2 Å². The van der Waals surface area contributed by atoms with Crippen molar-refractivity contribution in [1.29, 1.82) is 0 Å². The van der Waals surface area contributed by atoms with Gasteiger partial charge in [-0.2, -0.15) is 5.10 Å². The lowest BCUT2D eigenvalue weighted by Gasteiger charge is -2.32. The predicted octanol–water partition coefficient (Wildman–Crippen LogP) is 3.70. The van der Waals surface area contributed by atoms with Crippen LogP contribution in [0.3, 0.4) is 0 Å². The highest BCUT2D eigenvalue weighted by molar-refractivity contribution is 5.93. The molecule has 1 aliphatic rings. The minimum absolute atomic E-state index is 0.114. The van der Waals surface area contributed by atoms with Crippen LogP contribution < -0.4 is 0 Å². The molecule has 4 rings (SSSR count). The number of hydrogen-bond acceptors (Lipinski definition) is 4. The van der Waals surface area contributed by atoms with E-state index >= 15 is 0 Å². The van der Waals surface area contributed by atoms with Crippen molar-refractivity contribution in [2.75, 3.05) is 13.1 Å². The molecule has 1 saturated heterocycles. The minimum Gasteiger partial charge on any atom is -0.478 e. The van der Waals surface area contributed by atoms with Crippen molar-refractivity contribution in [2.45, 2.75) is 25.7 Å². The number of rotatable bonds is 4. The lowest BCUT2D eigenvalue weighted by Crippen LogP contribution is -2.39. The van der Waals surface area contributed by atoms with Crippen molar-refractivity contribution in [3.63, 3.8) is 0 Å². The van der Waals surface area contributed by atoms with Crippen LogP contribution in [-0.4, -0.2) is 45.2 Å². The zero-order chi connectivity index (χ0) is 19.7. The average molecular weight is 379 g/mol. The Morgan fingerprint density at radius 1 is 1.25 bits per heavy atom. The van der Waals surface area contributed by atoms with Gasteiger partial charge in [-0.15, -0.1) is 0 Å². The van der Waals surface area contributed by atoms with Crippen LogP contribution in [-0.2, 0) is 0 Å². The van der Waals surface area contributed by atoms with Gasteiger partial charge in [-0.3, -0.25) is 9.89 Å². The number of aromatic carboxylic acids is 1. The van der Waals surface area contributed by atoms with Crippen LogP contribution >= 0.6 is 0 Å². The smallest absolute Gasteiger partial charge is 0.335 e. The van der Waals surface area contributed by atoms with Crippen LogP contribution in [0.2, 0.25) is 0 Å². The topological polar surface area (TPSA) is 99.4 Å². The second kappa shape index (κ2) is 7.34. The van der Waals surface area contributed by atoms with Crippen molar-refractivity contribution < 1.29 is 19.1 Å². The molecule has 0 bridgehead atoms. The molecule has 0 radical (unpaired) electrons. The van der Waals surface area contributed by atoms with Gasteiger partial charge in [0.05, 0.1) is 5.56 Å². The summed E-state index contributed by atoms with van der Waals surface area (Å²) in [6, 6.07) is 12.4. The number of benzene rings is 1. The van der Waals surface area contributed by atoms with Crippen LogP contribution in [0.5, 0.6) is 0 Å². The Morgan fingerprint density at radius 3 is 2.86 bits per heavy atom. The third-order valence-electron chi connectivity index (χ3n) is 5.12. The van der Waals surface area contributed by atoms with Gasteiger partial charge in [0.25, 0.3) is 5.91 Å². The number of carboxylic acids is 1. The number of H-pyrrole nitrogens is 1. The molecular formula is C21H21N3O4. The van der Waals surface area contributed by atoms with Crippen LogP contribution in [0.4, 0.5) is 0 Å². The first-order valence-electron chi connectivity index (χ1n) is 9.26. The van der Waals surface area contributed by atoms with Gasteiger partial charge >= 0.3 is 5.97 Å². The lowest BCUT2D eigenvalue weighted by molar-refractivity contribution is 0.0685. The van der Waals surface area contributed by atoms with Gasteiger partial charge in [-0.1, -0.05) is 12.1 Å². The number of aromatic amines is 1. The second-order valence-electron chi connectivity index (χ2n) is 7.10. The first-order valence-corrected chi connectivity index (χ1v) is 9.26. The third kappa shape index (κ3) is 3.55. The fourth-order valence-electron chi connectivity index (χ4n) is 3.66. The summed E-state index contributed by atoms with van der Waals surface area (Å²) in [5, 5.41) is 16.2. The van der Waals surface area contributed by atoms with Crippen molar-refractivity contribution in [2.24, 2.45) is 0 Å². The maximum absolute atomic E-state index is 12.9. The summed E-state index contributed by atoms with van der Waals surface area (Å²) in [6.07, 6.45) is 1.78. The molecule has 1 aromatic carbocycles. The summed E-state index contributed by atoms with van der Waals surface area (Å²) < 4.78 is 5.57. The molecule has 7 nitrogen and oxygen atoms in total. The molecule has 3 heterocycles. The summed E-state index contributed by atoms with van der Waals surface area (Å²) in [4.78, 5) is 25.9. The summed E-state index contributed by atoms with van der Waals surface area (Å²) >= 11 is 0. The van der Waals surface area contributed by atoms with Gasteiger partial charge in [0.1, 0.15) is 11.5 Å². The highest BCUT2D eigenvalue weighted by Gasteiger charge is 2.27. The number of furan rings is 1. The molecule has 7 heteroatoms. The van der Waals surface area contributed by atoms with Crippen molar-refractivity contribution in [1.82, 2.24) is 15.1 Å². The quantitative estimate of drug-likeness (QED) is 0.720. The van der Waals surface area contributed by atoms with Gasteiger partial charge in [0, 0.05) is 25.1 Å². The first-order chi connectivity index (χ1) is 13.5. The zero-order valence-corrected chi connectivity index (χ0v) is 15.5. The number of amides is 1. The molecule has 1 aliphatic heterocycles. The Hall–Kier alpha value is -3.35. The number of aromatic nitrogens is 2. The molecular weight excluding hydrogens is 358 g/mol. The molecule has 1 amide bonds. The van der Waals surface area contributed by atoms with E-state index in [4.69, 9.17) is 4.42 Å². The largest absolute Gasteiger partial charge is 0.478 e. The van der Waals surface area contributed by atoms with E-state index in [1.807, 2.05) is 25.1 Å². The monoisotopic (exact) mass is 379 g/mol. The Kier molecular flexibility index (Phi) is 4.73. The van der Waals surface area contributed by atoms with Gasteiger partial charge in [-0.05, 0) is 49.6 Å². The molecule has 0 aliphatic carbocycles. The van der Waals surface area contributed by atoms with Gasteiger partial charge in [0.15, 0.2) is 11.5 Å². The van der Waals surface area contributed by atoms with E-state index in [2.05, 4.69) is 10.2 Å². The Balaban J connectivity index is 1.50. The molecule has 28 heavy (non-hydrogen) atoms. The van der Waals surface area contributed by atoms with Gasteiger partial charge in [-0.25, -0.2) is 4.79 Å². The normalized spacial score (nSPS) is 16.9. The van der Waals surface area contributed by atoms with Crippen LogP contribution in [0.15, 0.2) is 46.9 Å². The minimum atomic E-state index is -0.942. The lowest BCUT2D eigenvalue weighted by atomic mass is 9.89. The van der Waals surface area contributed by atoms with E-state index in [-0.39, 0.29) is 17.4 Å². The van der Waals surface area contributed by atoms with Gasteiger partial charge in [0.2, 0.25) is 0 Å². The number of carbonyl (C=O) groups is 2. The fourth-order valence-corrected chi connectivity index (χ4v) is 3.66. The molecule has 2 N–H and O–H groups in total. The fraction of sp³-hybridized carbons (Fsp3) is 0.286. The van der Waals surface area contributed by atoms with E-state index in [9.17, 15) is 14.7 Å². The number of hydrogen-bond donors (Lipinski definition) is 2. The first kappa shape index (κ1) is 18.0. The van der Waals surface area contributed by atoms with E-state index in [1.54, 1.807) is 29.2 Å². The second-order valence-corrected chi connectivity index (χ2v) is 7.10. The van der Waals surface area contributed by atoms with E-state index in [1.165, 1.54) is 0 Å². The third-order valence-corrected chi connectivity index (χ3v) is 5.12. The number of likely N-dealkylation sites (tertiary alicyclic amines) is 1. The van der Waals surface area contributed by atoms with Crippen molar-refractivity contribution >= 4 is 11.9 Å². The number of carbonyl (C=O) groups excluding carboxylic acids is 1. The van der Waals surface area contributed by atoms with Crippen LogP contribution in [0, 0.1) is 6.92 Å². The molecule has 1 atom stereocenters. The number of nitrogens with one attached hydrogen (secondary N) is 1. The molecule has 0 saturated carbocycles. The number of nitrogens with zero attached hydrogens (tertiary/aromatic N) is 2. The van der Waals surface area contributed by atoms with E-state index in [0.717, 1.165) is 24.2 Å². The van der Waals surface area contributed by atoms with Crippen LogP contribution in [0.25, 0.3) is 11.5 Å². The molecule has 0 unspecified atom stereocenters. The highest BCUT2D eigenvalue weighted by Crippen LogP contribution is 2.29. The molecule has 144 valence electrons. The summed E-state index contributed by atoms with van der Waals surface area (Å²) in [5.41, 5.74) is 2.24. The van der Waals surface area contributed by atoms with Crippen molar-refractivity contribution in [3.8, 4) is 11.5 Å². The number of carboxylic acid groups (broad SMARTS) is 1.